The second-order valence-corrected chi connectivity index (χ2v) is 9.56. The summed E-state index contributed by atoms with van der Waals surface area (Å²) in [6, 6.07) is 14.9. The third-order valence-electron chi connectivity index (χ3n) is 5.19. The second kappa shape index (κ2) is 9.49. The number of amides is 1. The molecule has 0 bridgehead atoms. The van der Waals surface area contributed by atoms with Gasteiger partial charge >= 0.3 is 0 Å². The van der Waals surface area contributed by atoms with Crippen LogP contribution in [0.5, 0.6) is 5.75 Å². The molecule has 0 unspecified atom stereocenters. The normalized spacial score (nSPS) is 16.6. The van der Waals surface area contributed by atoms with E-state index in [2.05, 4.69) is 17.3 Å². The highest BCUT2D eigenvalue weighted by Gasteiger charge is 2.29. The van der Waals surface area contributed by atoms with E-state index in [1.807, 2.05) is 12.1 Å². The second-order valence-electron chi connectivity index (χ2n) is 7.70. The number of benzene rings is 2. The number of hydrogen-bond donors (Lipinski definition) is 1. The largest absolute Gasteiger partial charge is 0.490 e. The van der Waals surface area contributed by atoms with Crippen LogP contribution in [-0.2, 0) is 14.8 Å². The molecule has 162 valence electrons. The van der Waals surface area contributed by atoms with Crippen molar-refractivity contribution in [1.82, 2.24) is 4.90 Å². The van der Waals surface area contributed by atoms with Gasteiger partial charge in [-0.1, -0.05) is 18.2 Å². The summed E-state index contributed by atoms with van der Waals surface area (Å²) in [7, 11) is -1.52. The number of piperidine rings is 1. The molecule has 1 atom stereocenters. The summed E-state index contributed by atoms with van der Waals surface area (Å²) >= 11 is 0. The fourth-order valence-electron chi connectivity index (χ4n) is 3.54. The summed E-state index contributed by atoms with van der Waals surface area (Å²) in [6.45, 7) is 3.62. The molecule has 7 nitrogen and oxygen atoms in total. The Labute approximate surface area is 178 Å². The molecule has 2 aromatic rings. The molecule has 8 heteroatoms. The number of likely N-dealkylation sites (tertiary alicyclic amines) is 1. The molecule has 0 aromatic heterocycles. The van der Waals surface area contributed by atoms with Crippen molar-refractivity contribution in [2.24, 2.45) is 0 Å². The zero-order valence-electron chi connectivity index (χ0n) is 17.6. The topological polar surface area (TPSA) is 79.0 Å². The lowest BCUT2D eigenvalue weighted by Crippen LogP contribution is -2.45. The smallest absolute Gasteiger partial charge is 0.247 e. The minimum atomic E-state index is -3.63. The Hall–Kier alpha value is -2.58. The first-order valence-electron chi connectivity index (χ1n) is 10.0. The summed E-state index contributed by atoms with van der Waals surface area (Å²) in [4.78, 5) is 15.0. The van der Waals surface area contributed by atoms with Gasteiger partial charge in [-0.25, -0.2) is 8.42 Å². The van der Waals surface area contributed by atoms with Crippen LogP contribution in [-0.4, -0.2) is 57.8 Å². The summed E-state index contributed by atoms with van der Waals surface area (Å²) in [5.41, 5.74) is 1.04. The molecule has 1 aliphatic rings. The highest BCUT2D eigenvalue weighted by Crippen LogP contribution is 2.23. The lowest BCUT2D eigenvalue weighted by molar-refractivity contribution is -0.116. The third kappa shape index (κ3) is 5.73. The van der Waals surface area contributed by atoms with Gasteiger partial charge in [0.2, 0.25) is 15.9 Å². The van der Waals surface area contributed by atoms with Crippen molar-refractivity contribution in [3.8, 4) is 5.75 Å². The number of carbonyl (C=O) groups excluding carboxylic acids is 1. The van der Waals surface area contributed by atoms with Gasteiger partial charge in [0.25, 0.3) is 0 Å². The highest BCUT2D eigenvalue weighted by atomic mass is 32.2. The number of anilines is 2. The zero-order chi connectivity index (χ0) is 21.7. The minimum absolute atomic E-state index is 0.204. The van der Waals surface area contributed by atoms with Crippen molar-refractivity contribution >= 4 is 27.3 Å². The number of hydrogen-bond acceptors (Lipinski definition) is 5. The van der Waals surface area contributed by atoms with Gasteiger partial charge in [-0.3, -0.25) is 9.10 Å². The number of nitrogens with one attached hydrogen (secondary N) is 1. The van der Waals surface area contributed by atoms with Gasteiger partial charge in [0, 0.05) is 18.8 Å². The number of rotatable bonds is 7. The number of nitrogens with zero attached hydrogens (tertiary/aromatic N) is 2. The van der Waals surface area contributed by atoms with Crippen LogP contribution in [0.3, 0.4) is 0 Å². The Bertz CT molecular complexity index is 940. The van der Waals surface area contributed by atoms with E-state index in [0.29, 0.717) is 11.4 Å². The molecule has 0 aliphatic carbocycles. The molecule has 1 amide bonds. The molecule has 3 rings (SSSR count). The quantitative estimate of drug-likeness (QED) is 0.729. The van der Waals surface area contributed by atoms with Crippen molar-refractivity contribution in [3.63, 3.8) is 0 Å². The average molecular weight is 432 g/mol. The van der Waals surface area contributed by atoms with E-state index in [1.165, 1.54) is 0 Å². The van der Waals surface area contributed by atoms with E-state index in [4.69, 9.17) is 4.74 Å². The highest BCUT2D eigenvalue weighted by molar-refractivity contribution is 7.92. The van der Waals surface area contributed by atoms with E-state index in [0.717, 1.165) is 42.2 Å². The van der Waals surface area contributed by atoms with Crippen molar-refractivity contribution in [3.05, 3.63) is 54.6 Å². The lowest BCUT2D eigenvalue weighted by atomic mass is 10.1. The molecule has 1 fully saturated rings. The molecule has 1 aliphatic heterocycles. The lowest BCUT2D eigenvalue weighted by Gasteiger charge is -2.29. The fraction of sp³-hybridized carbons (Fsp3) is 0.409. The van der Waals surface area contributed by atoms with Crippen LogP contribution in [0.25, 0.3) is 0 Å². The van der Waals surface area contributed by atoms with Gasteiger partial charge in [-0.2, -0.15) is 0 Å². The van der Waals surface area contributed by atoms with Crippen LogP contribution < -0.4 is 14.4 Å². The number of sulfonamides is 1. The molecule has 30 heavy (non-hydrogen) atoms. The molecule has 0 radical (unpaired) electrons. The van der Waals surface area contributed by atoms with E-state index in [1.54, 1.807) is 49.4 Å². The monoisotopic (exact) mass is 431 g/mol. The Kier molecular flexibility index (Phi) is 6.99. The summed E-state index contributed by atoms with van der Waals surface area (Å²) in [5, 5.41) is 2.79. The molecule has 2 aromatic carbocycles. The predicted molar refractivity (Wildman–Crippen MR) is 119 cm³/mol. The van der Waals surface area contributed by atoms with E-state index in [9.17, 15) is 13.2 Å². The van der Waals surface area contributed by atoms with E-state index >= 15 is 0 Å². The van der Waals surface area contributed by atoms with Crippen molar-refractivity contribution in [1.29, 1.82) is 0 Å². The van der Waals surface area contributed by atoms with Gasteiger partial charge < -0.3 is 15.0 Å². The standard InChI is InChI=1S/C22H29N3O4S/c1-17(25(30(3,27)28)19-7-5-4-6-8-19)22(26)23-18-9-11-20(12-10-18)29-21-13-15-24(2)16-14-21/h4-12,17,21H,13-16H2,1-3H3,(H,23,26)/t17-/m1/s1. The first kappa shape index (κ1) is 22.1. The molecular weight excluding hydrogens is 402 g/mol. The molecule has 1 saturated heterocycles. The maximum absolute atomic E-state index is 12.8. The summed E-state index contributed by atoms with van der Waals surface area (Å²) < 4.78 is 31.8. The van der Waals surface area contributed by atoms with Crippen LogP contribution in [0.4, 0.5) is 11.4 Å². The average Bonchev–Trinajstić information content (AvgIpc) is 2.71. The molecule has 0 spiro atoms. The first-order valence-corrected chi connectivity index (χ1v) is 11.9. The van der Waals surface area contributed by atoms with Crippen LogP contribution in [0.2, 0.25) is 0 Å². The van der Waals surface area contributed by atoms with Crippen LogP contribution in [0.1, 0.15) is 19.8 Å². The number of carbonyl (C=O) groups is 1. The van der Waals surface area contributed by atoms with Crippen molar-refractivity contribution in [2.45, 2.75) is 31.9 Å². The third-order valence-corrected chi connectivity index (χ3v) is 6.43. The molecule has 0 saturated carbocycles. The number of ether oxygens (including phenoxy) is 1. The Morgan fingerprint density at radius 1 is 1.10 bits per heavy atom. The first-order chi connectivity index (χ1) is 14.2. The van der Waals surface area contributed by atoms with Crippen LogP contribution in [0, 0.1) is 0 Å². The SMILES string of the molecule is C[C@H](C(=O)Nc1ccc(OC2CCN(C)CC2)cc1)N(c1ccccc1)S(C)(=O)=O. The van der Waals surface area contributed by atoms with Crippen molar-refractivity contribution < 1.29 is 17.9 Å². The summed E-state index contributed by atoms with van der Waals surface area (Å²) in [6.07, 6.45) is 3.29. The molecular formula is C22H29N3O4S. The Balaban J connectivity index is 1.64. The van der Waals surface area contributed by atoms with E-state index < -0.39 is 22.0 Å². The van der Waals surface area contributed by atoms with Crippen LogP contribution in [0.15, 0.2) is 54.6 Å². The van der Waals surface area contributed by atoms with E-state index in [-0.39, 0.29) is 6.10 Å². The van der Waals surface area contributed by atoms with Crippen LogP contribution >= 0.6 is 0 Å². The van der Waals surface area contributed by atoms with Gasteiger partial charge in [-0.15, -0.1) is 0 Å². The van der Waals surface area contributed by atoms with Gasteiger partial charge in [0.1, 0.15) is 17.9 Å². The van der Waals surface area contributed by atoms with Crippen molar-refractivity contribution in [2.75, 3.05) is 36.0 Å². The number of para-hydroxylation sites is 1. The molecule has 1 heterocycles. The van der Waals surface area contributed by atoms with Gasteiger partial charge in [-0.05, 0) is 63.2 Å². The zero-order valence-corrected chi connectivity index (χ0v) is 18.4. The fourth-order valence-corrected chi connectivity index (χ4v) is 4.72. The Morgan fingerprint density at radius 3 is 2.27 bits per heavy atom. The van der Waals surface area contributed by atoms with Gasteiger partial charge in [0.15, 0.2) is 0 Å². The molecule has 1 N–H and O–H groups in total. The predicted octanol–water partition coefficient (Wildman–Crippen LogP) is 2.95. The maximum atomic E-state index is 12.8. The maximum Gasteiger partial charge on any atom is 0.247 e. The van der Waals surface area contributed by atoms with Gasteiger partial charge in [0.05, 0.1) is 11.9 Å². The summed E-state index contributed by atoms with van der Waals surface area (Å²) in [5.74, 6) is 0.353. The minimum Gasteiger partial charge on any atom is -0.490 e. The Morgan fingerprint density at radius 2 is 1.70 bits per heavy atom.